The lowest BCUT2D eigenvalue weighted by Gasteiger charge is -2.15. The van der Waals surface area contributed by atoms with E-state index in [4.69, 9.17) is 43.7 Å². The van der Waals surface area contributed by atoms with Gasteiger partial charge in [0, 0.05) is 28.1 Å². The molecule has 127 heavy (non-hydrogen) atoms. The van der Waals surface area contributed by atoms with E-state index in [0.717, 1.165) is 44.5 Å². The standard InChI is InChI=1S/C20H18N4O8S2.C20H22N4O4S2.C20H20N2O4S2.C10H14O2S.C7H7ClO2S.C6H8N2.HNO2/c1-13-3-7-15(8-4-13)33(29,30)21-17-11-18(20(24(27)28)12-19(17)23(25)26)22-34(31,32)16-9-5-14(2)6-10-16;1-13-3-7-15(8-4-13)29(25,26)23-19-12-20(18(22)11-17(19)21)24-30(27,28)16-9-5-14(2)6-10-16;1-15-6-10-19(11-7-15)27(23,24)21-17-4-3-5-18(14-17)22-28(25,26)20-12-8-16(2)9-13-20;1-8(2)13(11,12)10-6-4-9(3)5-7-10;1-6-2-4-7(5-3-6)11(8,9)10;7-5-2-1-3-6(8)4-5;2-1-3/h3-12,21-22H,1-2H3;3-12,23-24H,21-22H2,1-2H3;3-14,21-22H,1-2H3;4-8H,1-3H3;2-5H,1H3;1-4H,7-8H2;(H,2,3). The van der Waals surface area contributed by atoms with Gasteiger partial charge in [-0.1, -0.05) is 154 Å². The SMILES string of the molecule is Cc1ccc(S(=O)(=O)C(C)C)cc1.Cc1ccc(S(=O)(=O)Cl)cc1.Cc1ccc(S(=O)(=O)Nc2cc(NS(=O)(=O)c3ccc(C)cc3)c(N)cc2N)cc1.Cc1ccc(S(=O)(=O)Nc2cc(NS(=O)(=O)c3ccc(C)cc3)c([N+](=O)[O-])cc2[N+](=O)[O-])cc1.Cc1ccc(S(=O)(=O)Nc2cccc(NS(=O)(=O)c3ccc(C)cc3)c2)cc1.Nc1cccc(N)c1.O=NO. The Morgan fingerprint density at radius 1 is 0.307 bits per heavy atom. The van der Waals surface area contributed by atoms with Gasteiger partial charge in [0.15, 0.2) is 15.2 Å². The van der Waals surface area contributed by atoms with Gasteiger partial charge in [0.1, 0.15) is 11.4 Å². The molecule has 0 saturated heterocycles. The monoisotopic (exact) mass is 1910 g/mol. The molecule has 35 nitrogen and oxygen atoms in total. The molecule has 0 atom stereocenters. The minimum Gasteiger partial charge on any atom is -0.399 e. The second kappa shape index (κ2) is 44.1. The summed E-state index contributed by atoms with van der Waals surface area (Å²) in [5.74, 6) is 0. The van der Waals surface area contributed by atoms with Crippen molar-refractivity contribution in [1.82, 2.24) is 0 Å². The number of nitro groups is 2. The van der Waals surface area contributed by atoms with Crippen LogP contribution >= 0.6 is 10.7 Å². The molecule has 674 valence electrons. The van der Waals surface area contributed by atoms with Crippen LogP contribution in [0.5, 0.6) is 0 Å². The van der Waals surface area contributed by atoms with Gasteiger partial charge in [-0.15, -0.1) is 4.91 Å². The Hall–Kier alpha value is -13.3. The van der Waals surface area contributed by atoms with Crippen LogP contribution < -0.4 is 51.3 Å². The van der Waals surface area contributed by atoms with E-state index in [-0.39, 0.29) is 73.6 Å². The maximum absolute atomic E-state index is 12.8. The van der Waals surface area contributed by atoms with Crippen LogP contribution in [0.15, 0.2) is 311 Å². The summed E-state index contributed by atoms with van der Waals surface area (Å²) in [5, 5.41) is 30.6. The second-order valence-electron chi connectivity index (χ2n) is 27.9. The van der Waals surface area contributed by atoms with Gasteiger partial charge < -0.3 is 28.1 Å². The largest absolute Gasteiger partial charge is 0.399 e. The first-order valence-electron chi connectivity index (χ1n) is 36.8. The minimum atomic E-state index is -4.34. The van der Waals surface area contributed by atoms with E-state index in [1.54, 1.807) is 137 Å². The van der Waals surface area contributed by atoms with E-state index >= 15 is 0 Å². The van der Waals surface area contributed by atoms with Crippen molar-refractivity contribution in [3.05, 3.63) is 337 Å². The van der Waals surface area contributed by atoms with Crippen molar-refractivity contribution in [3.63, 3.8) is 0 Å². The van der Waals surface area contributed by atoms with Gasteiger partial charge in [-0.05, 0) is 215 Å². The van der Waals surface area contributed by atoms with E-state index in [1.807, 2.05) is 69.2 Å². The molecule has 0 unspecified atom stereocenters. The predicted octanol–water partition coefficient (Wildman–Crippen LogP) is 15.8. The zero-order chi connectivity index (χ0) is 95.0. The van der Waals surface area contributed by atoms with Gasteiger partial charge in [0.25, 0.3) is 80.6 Å². The summed E-state index contributed by atoms with van der Waals surface area (Å²) < 4.78 is 210. The van der Waals surface area contributed by atoms with Gasteiger partial charge in [0.2, 0.25) is 0 Å². The molecule has 0 fully saturated rings. The van der Waals surface area contributed by atoms with E-state index in [2.05, 4.69) is 18.9 Å². The lowest BCUT2D eigenvalue weighted by atomic mass is 10.2. The van der Waals surface area contributed by atoms with Crippen molar-refractivity contribution in [2.45, 2.75) is 114 Å². The fourth-order valence-electron chi connectivity index (χ4n) is 10.3. The molecule has 12 aromatic carbocycles. The Morgan fingerprint density at radius 2 is 0.520 bits per heavy atom. The first-order chi connectivity index (χ1) is 59.1. The first-order valence-corrected chi connectivity index (χ1v) is 49.6. The average Bonchev–Trinajstić information content (AvgIpc) is 0.777. The third kappa shape index (κ3) is 31.1. The molecule has 12 rings (SSSR count). The molecule has 44 heteroatoms. The van der Waals surface area contributed by atoms with Crippen LogP contribution in [0.1, 0.15) is 58.4 Å². The van der Waals surface area contributed by atoms with Crippen LogP contribution in [0.4, 0.5) is 68.2 Å². The smallest absolute Gasteiger partial charge is 0.300 e. The molecule has 0 aliphatic carbocycles. The molecule has 0 aliphatic heterocycles. The molecule has 15 N–H and O–H groups in total. The summed E-state index contributed by atoms with van der Waals surface area (Å²) in [6, 6.07) is 66.9. The number of hydrogen-bond donors (Lipinski definition) is 11. The Balaban J connectivity index is 0.000000247. The number of halogens is 1. The number of nitrogens with zero attached hydrogens (tertiary/aromatic N) is 3. The van der Waals surface area contributed by atoms with Gasteiger partial charge in [-0.25, -0.2) is 67.3 Å². The zero-order valence-electron chi connectivity index (χ0n) is 69.3. The van der Waals surface area contributed by atoms with Crippen LogP contribution in [0.25, 0.3) is 0 Å². The summed E-state index contributed by atoms with van der Waals surface area (Å²) in [6.07, 6.45) is 0. The molecule has 0 spiro atoms. The van der Waals surface area contributed by atoms with Crippen molar-refractivity contribution in [3.8, 4) is 0 Å². The highest BCUT2D eigenvalue weighted by Crippen LogP contribution is 2.39. The van der Waals surface area contributed by atoms with Crippen molar-refractivity contribution in [1.29, 1.82) is 0 Å². The highest BCUT2D eigenvalue weighted by molar-refractivity contribution is 8.13. The highest BCUT2D eigenvalue weighted by Gasteiger charge is 2.31. The normalized spacial score (nSPS) is 11.4. The number of sulfonamides is 6. The van der Waals surface area contributed by atoms with Gasteiger partial charge in [-0.2, -0.15) is 0 Å². The number of hydrogen-bond acceptors (Lipinski definition) is 26. The molecule has 0 radical (unpaired) electrons. The molecule has 0 saturated carbocycles. The van der Waals surface area contributed by atoms with Gasteiger partial charge in [-0.3, -0.25) is 48.6 Å². The van der Waals surface area contributed by atoms with Crippen molar-refractivity contribution >= 4 is 158 Å². The van der Waals surface area contributed by atoms with E-state index in [0.29, 0.717) is 28.4 Å². The van der Waals surface area contributed by atoms with Crippen LogP contribution in [-0.4, -0.2) is 87.6 Å². The second-order valence-corrected chi connectivity index (χ2v) is 43.1. The quantitative estimate of drug-likeness (QED) is 0.00931. The lowest BCUT2D eigenvalue weighted by molar-refractivity contribution is -0.393. The third-order valence-electron chi connectivity index (χ3n) is 17.2. The van der Waals surface area contributed by atoms with Crippen LogP contribution in [-0.2, 0) is 79.0 Å². The third-order valence-corrected chi connectivity index (χ3v) is 29.1. The summed E-state index contributed by atoms with van der Waals surface area (Å²) in [7, 11) is -25.6. The molecular weight excluding hydrogens is 1820 g/mol. The number of aryl methyl sites for hydroxylation is 8. The maximum atomic E-state index is 12.8. The number of nitrogens with two attached hydrogens (primary N) is 4. The number of anilines is 10. The number of benzene rings is 12. The van der Waals surface area contributed by atoms with Gasteiger partial charge in [0.05, 0.1) is 94.5 Å². The number of nitrogens with one attached hydrogen (secondary N) is 6. The van der Waals surface area contributed by atoms with E-state index in [9.17, 15) is 87.6 Å². The number of rotatable bonds is 23. The summed E-state index contributed by atoms with van der Waals surface area (Å²) in [6.45, 7) is 18.1. The summed E-state index contributed by atoms with van der Waals surface area (Å²) >= 11 is 0. The Kier molecular flexibility index (Phi) is 35.6. The fraction of sp³-hybridized carbons (Fsp3) is 0.133. The van der Waals surface area contributed by atoms with Crippen molar-refractivity contribution in [2.24, 2.45) is 5.34 Å². The predicted molar refractivity (Wildman–Crippen MR) is 494 cm³/mol. The molecule has 0 aromatic heterocycles. The molecule has 0 heterocycles. The topological polar surface area (TPSA) is 585 Å². The minimum absolute atomic E-state index is 0.00591. The molecular formula is C83H90ClN13O22S8. The lowest BCUT2D eigenvalue weighted by Crippen LogP contribution is -2.17. The molecule has 0 bridgehead atoms. The van der Waals surface area contributed by atoms with Crippen molar-refractivity contribution in [2.75, 3.05) is 51.3 Å². The Morgan fingerprint density at radius 3 is 0.740 bits per heavy atom. The van der Waals surface area contributed by atoms with Crippen LogP contribution in [0.2, 0.25) is 0 Å². The molecule has 12 aromatic rings. The van der Waals surface area contributed by atoms with Crippen LogP contribution in [0, 0.1) is 80.5 Å². The zero-order valence-corrected chi connectivity index (χ0v) is 76.6. The highest BCUT2D eigenvalue weighted by atomic mass is 35.7. The van der Waals surface area contributed by atoms with Gasteiger partial charge >= 0.3 is 0 Å². The molecule has 0 amide bonds. The van der Waals surface area contributed by atoms with E-state index < -0.39 is 112 Å². The Labute approximate surface area is 741 Å². The summed E-state index contributed by atoms with van der Waals surface area (Å²) in [4.78, 5) is 29.6. The Bertz CT molecular complexity index is 6570. The fourth-order valence-corrected chi connectivity index (χ4v) is 18.5. The van der Waals surface area contributed by atoms with E-state index in [1.165, 1.54) is 133 Å². The molecule has 0 aliphatic rings. The average molecular weight is 1910 g/mol. The number of sulfone groups is 1. The maximum Gasteiger partial charge on any atom is 0.300 e. The summed E-state index contributed by atoms with van der Waals surface area (Å²) in [5.41, 5.74) is 28.8. The first kappa shape index (κ1) is 103. The van der Waals surface area contributed by atoms with Crippen LogP contribution in [0.3, 0.4) is 0 Å². The number of nitrogen functional groups attached to an aromatic ring is 4. The number of nitro benzene ring substituents is 2. The van der Waals surface area contributed by atoms with Crippen molar-refractivity contribution < 1.29 is 82.4 Å².